The number of carbonyl (C=O) groups is 1. The van der Waals surface area contributed by atoms with Crippen LogP contribution in [0.2, 0.25) is 0 Å². The maximum absolute atomic E-state index is 11.5. The van der Waals surface area contributed by atoms with Gasteiger partial charge in [-0.3, -0.25) is 9.69 Å². The van der Waals surface area contributed by atoms with E-state index >= 15 is 0 Å². The van der Waals surface area contributed by atoms with Gasteiger partial charge in [0.2, 0.25) is 0 Å². The Morgan fingerprint density at radius 3 is 2.72 bits per heavy atom. The van der Waals surface area contributed by atoms with Crippen molar-refractivity contribution in [1.82, 2.24) is 4.90 Å². The Kier molecular flexibility index (Phi) is 3.84. The fourth-order valence-electron chi connectivity index (χ4n) is 1.95. The van der Waals surface area contributed by atoms with Gasteiger partial charge in [0, 0.05) is 18.7 Å². The van der Waals surface area contributed by atoms with Crippen LogP contribution in [0.25, 0.3) is 0 Å². The van der Waals surface area contributed by atoms with Gasteiger partial charge in [0.15, 0.2) is 17.3 Å². The van der Waals surface area contributed by atoms with Gasteiger partial charge in [-0.15, -0.1) is 0 Å². The van der Waals surface area contributed by atoms with Crippen LogP contribution in [0.3, 0.4) is 0 Å². The van der Waals surface area contributed by atoms with Crippen LogP contribution in [0.15, 0.2) is 18.2 Å². The Bertz CT molecular complexity index is 442. The van der Waals surface area contributed by atoms with Crippen molar-refractivity contribution >= 4 is 5.78 Å². The zero-order valence-electron chi connectivity index (χ0n) is 10.7. The molecule has 1 fully saturated rings. The number of hydrogen-bond donors (Lipinski definition) is 1. The van der Waals surface area contributed by atoms with Gasteiger partial charge in [-0.2, -0.15) is 0 Å². The smallest absolute Gasteiger partial charge is 0.176 e. The molecule has 1 saturated heterocycles. The third-order valence-corrected chi connectivity index (χ3v) is 3.00. The minimum Gasteiger partial charge on any atom is -0.493 e. The van der Waals surface area contributed by atoms with Gasteiger partial charge < -0.3 is 15.2 Å². The molecule has 0 spiro atoms. The molecule has 0 bridgehead atoms. The predicted molar refractivity (Wildman–Crippen MR) is 68.3 cm³/mol. The normalized spacial score (nSPS) is 16.2. The number of nitrogens with zero attached hydrogens (tertiary/aromatic N) is 1. The minimum atomic E-state index is -0.108. The lowest BCUT2D eigenvalue weighted by atomic mass is 10.1. The third kappa shape index (κ3) is 2.63. The topological polar surface area (TPSA) is 64.8 Å². The van der Waals surface area contributed by atoms with E-state index < -0.39 is 0 Å². The number of likely N-dealkylation sites (N-methyl/N-ethyl adjacent to an activating group) is 1. The highest BCUT2D eigenvalue weighted by Gasteiger charge is 2.26. The lowest BCUT2D eigenvalue weighted by Gasteiger charge is -2.36. The van der Waals surface area contributed by atoms with Crippen LogP contribution in [0.4, 0.5) is 0 Å². The molecular formula is C13H18N2O3. The second-order valence-electron chi connectivity index (χ2n) is 4.45. The first-order valence-electron chi connectivity index (χ1n) is 5.90. The quantitative estimate of drug-likeness (QED) is 0.772. The van der Waals surface area contributed by atoms with Crippen LogP contribution < -0.4 is 15.2 Å². The lowest BCUT2D eigenvalue weighted by Crippen LogP contribution is -2.51. The number of Topliss-reactive ketones (excluding diaryl/α,β-unsaturated/α-hetero) is 1. The molecule has 1 aliphatic rings. The van der Waals surface area contributed by atoms with E-state index in [0.717, 1.165) is 13.1 Å². The van der Waals surface area contributed by atoms with Crippen LogP contribution >= 0.6 is 0 Å². The first kappa shape index (κ1) is 12.9. The van der Waals surface area contributed by atoms with E-state index in [0.29, 0.717) is 17.1 Å². The molecule has 2 rings (SSSR count). The largest absolute Gasteiger partial charge is 0.493 e. The number of likely N-dealkylation sites (tertiary alicyclic amines) is 1. The number of hydrogen-bond acceptors (Lipinski definition) is 5. The zero-order valence-corrected chi connectivity index (χ0v) is 10.7. The summed E-state index contributed by atoms with van der Waals surface area (Å²) in [7, 11) is 3.60. The summed E-state index contributed by atoms with van der Waals surface area (Å²) < 4.78 is 11.0. The third-order valence-electron chi connectivity index (χ3n) is 3.00. The first-order valence-corrected chi connectivity index (χ1v) is 5.90. The summed E-state index contributed by atoms with van der Waals surface area (Å²) in [4.78, 5) is 13.7. The van der Waals surface area contributed by atoms with Crippen molar-refractivity contribution in [3.05, 3.63) is 23.8 Å². The summed E-state index contributed by atoms with van der Waals surface area (Å²) in [5.74, 6) is 1.14. The van der Waals surface area contributed by atoms with Crippen molar-refractivity contribution in [1.29, 1.82) is 0 Å². The van der Waals surface area contributed by atoms with Gasteiger partial charge in [-0.05, 0) is 25.2 Å². The average molecular weight is 250 g/mol. The summed E-state index contributed by atoms with van der Waals surface area (Å²) in [6, 6.07) is 5.16. The molecule has 5 nitrogen and oxygen atoms in total. The van der Waals surface area contributed by atoms with E-state index in [4.69, 9.17) is 15.2 Å². The van der Waals surface area contributed by atoms with Crippen molar-refractivity contribution in [2.24, 2.45) is 5.73 Å². The van der Waals surface area contributed by atoms with Gasteiger partial charge in [-0.25, -0.2) is 0 Å². The Hall–Kier alpha value is -1.59. The number of benzene rings is 1. The summed E-state index contributed by atoms with van der Waals surface area (Å²) >= 11 is 0. The number of ether oxygens (including phenoxy) is 2. The Morgan fingerprint density at radius 2 is 2.17 bits per heavy atom. The van der Waals surface area contributed by atoms with Crippen LogP contribution in [-0.4, -0.2) is 50.6 Å². The highest BCUT2D eigenvalue weighted by atomic mass is 16.5. The molecule has 1 aliphatic heterocycles. The van der Waals surface area contributed by atoms with Gasteiger partial charge in [0.1, 0.15) is 6.10 Å². The fourth-order valence-corrected chi connectivity index (χ4v) is 1.95. The van der Waals surface area contributed by atoms with Crippen molar-refractivity contribution in [2.75, 3.05) is 33.8 Å². The van der Waals surface area contributed by atoms with Gasteiger partial charge >= 0.3 is 0 Å². The molecule has 2 N–H and O–H groups in total. The number of ketones is 1. The Labute approximate surface area is 106 Å². The SMILES string of the molecule is COc1cc(C(=O)CN)ccc1OC1CN(C)C1. The number of carbonyl (C=O) groups excluding carboxylic acids is 1. The standard InChI is InChI=1S/C13H18N2O3/c1-15-7-10(8-15)18-12-4-3-9(11(16)6-14)5-13(12)17-2/h3-5,10H,6-8,14H2,1-2H3. The average Bonchev–Trinajstić information content (AvgIpc) is 2.36. The predicted octanol–water partition coefficient (Wildman–Crippen LogP) is 0.529. The van der Waals surface area contributed by atoms with E-state index in [-0.39, 0.29) is 18.4 Å². The lowest BCUT2D eigenvalue weighted by molar-refractivity contribution is 0.0369. The number of nitrogens with two attached hydrogens (primary N) is 1. The molecule has 1 aromatic rings. The number of rotatable bonds is 5. The highest BCUT2D eigenvalue weighted by Crippen LogP contribution is 2.30. The molecular weight excluding hydrogens is 232 g/mol. The molecule has 0 saturated carbocycles. The van der Waals surface area contributed by atoms with Crippen LogP contribution in [0.1, 0.15) is 10.4 Å². The fraction of sp³-hybridized carbons (Fsp3) is 0.462. The summed E-state index contributed by atoms with van der Waals surface area (Å²) in [5, 5.41) is 0. The van der Waals surface area contributed by atoms with E-state index in [9.17, 15) is 4.79 Å². The van der Waals surface area contributed by atoms with Crippen molar-refractivity contribution in [3.8, 4) is 11.5 Å². The highest BCUT2D eigenvalue weighted by molar-refractivity contribution is 5.98. The molecule has 0 radical (unpaired) electrons. The van der Waals surface area contributed by atoms with Crippen LogP contribution in [0.5, 0.6) is 11.5 Å². The molecule has 18 heavy (non-hydrogen) atoms. The molecule has 1 aromatic carbocycles. The van der Waals surface area contributed by atoms with Gasteiger partial charge in [0.25, 0.3) is 0 Å². The molecule has 0 unspecified atom stereocenters. The molecule has 0 atom stereocenters. The van der Waals surface area contributed by atoms with E-state index in [1.54, 1.807) is 25.3 Å². The van der Waals surface area contributed by atoms with Gasteiger partial charge in [0.05, 0.1) is 13.7 Å². The van der Waals surface area contributed by atoms with E-state index in [2.05, 4.69) is 4.90 Å². The summed E-state index contributed by atoms with van der Waals surface area (Å²) in [6.07, 6.45) is 0.194. The summed E-state index contributed by atoms with van der Waals surface area (Å²) in [5.41, 5.74) is 5.88. The van der Waals surface area contributed by atoms with Crippen LogP contribution in [-0.2, 0) is 0 Å². The second-order valence-corrected chi connectivity index (χ2v) is 4.45. The van der Waals surface area contributed by atoms with E-state index in [1.807, 2.05) is 7.05 Å². The van der Waals surface area contributed by atoms with Crippen molar-refractivity contribution in [3.63, 3.8) is 0 Å². The summed E-state index contributed by atoms with van der Waals surface area (Å²) in [6.45, 7) is 1.82. The van der Waals surface area contributed by atoms with Crippen molar-refractivity contribution in [2.45, 2.75) is 6.10 Å². The van der Waals surface area contributed by atoms with Crippen molar-refractivity contribution < 1.29 is 14.3 Å². The molecule has 0 amide bonds. The first-order chi connectivity index (χ1) is 8.63. The molecule has 5 heteroatoms. The number of methoxy groups -OCH3 is 1. The minimum absolute atomic E-state index is 0.00320. The maximum atomic E-state index is 11.5. The van der Waals surface area contributed by atoms with Gasteiger partial charge in [-0.1, -0.05) is 0 Å². The maximum Gasteiger partial charge on any atom is 0.176 e. The molecule has 1 heterocycles. The monoisotopic (exact) mass is 250 g/mol. The zero-order chi connectivity index (χ0) is 13.1. The Morgan fingerprint density at radius 1 is 1.44 bits per heavy atom. The Balaban J connectivity index is 2.13. The molecule has 0 aromatic heterocycles. The molecule has 0 aliphatic carbocycles. The molecule has 98 valence electrons. The second kappa shape index (κ2) is 5.37. The van der Waals surface area contributed by atoms with Crippen LogP contribution in [0, 0.1) is 0 Å². The van der Waals surface area contributed by atoms with E-state index in [1.165, 1.54) is 0 Å².